The Bertz CT molecular complexity index is 821. The van der Waals surface area contributed by atoms with E-state index in [1.165, 1.54) is 7.05 Å². The van der Waals surface area contributed by atoms with Gasteiger partial charge in [0, 0.05) is 7.05 Å². The van der Waals surface area contributed by atoms with Gasteiger partial charge in [0.1, 0.15) is 0 Å². The maximum absolute atomic E-state index is 11.8. The highest BCUT2D eigenvalue weighted by molar-refractivity contribution is 5.99. The van der Waals surface area contributed by atoms with Crippen molar-refractivity contribution in [3.8, 4) is 11.5 Å². The number of amides is 1. The third-order valence-corrected chi connectivity index (χ3v) is 2.90. The summed E-state index contributed by atoms with van der Waals surface area (Å²) in [6.07, 6.45) is 0. The van der Waals surface area contributed by atoms with Gasteiger partial charge >= 0.3 is 5.56 Å². The highest BCUT2D eigenvalue weighted by atomic mass is 16.5. The zero-order valence-electron chi connectivity index (χ0n) is 10.4. The first-order chi connectivity index (χ1) is 9.61. The van der Waals surface area contributed by atoms with Crippen molar-refractivity contribution in [1.82, 2.24) is 15.5 Å². The van der Waals surface area contributed by atoms with E-state index < -0.39 is 11.1 Å². The third kappa shape index (κ3) is 1.66. The summed E-state index contributed by atoms with van der Waals surface area (Å²) in [5.41, 5.74) is -0.395. The second-order valence-electron chi connectivity index (χ2n) is 4.10. The fourth-order valence-corrected chi connectivity index (χ4v) is 1.96. The number of anilines is 2. The topological polar surface area (TPSA) is 116 Å². The molecule has 0 unspecified atom stereocenters. The molecule has 1 aliphatic rings. The number of nitrogens with one attached hydrogen (secondary N) is 4. The summed E-state index contributed by atoms with van der Waals surface area (Å²) in [5.74, 6) is -0.318. The number of hydrogen-bond donors (Lipinski definition) is 4. The quantitative estimate of drug-likeness (QED) is 0.508. The first kappa shape index (κ1) is 12.0. The number of aromatic amines is 2. The minimum atomic E-state index is -0.593. The second-order valence-corrected chi connectivity index (χ2v) is 4.10. The van der Waals surface area contributed by atoms with E-state index in [2.05, 4.69) is 20.8 Å². The number of ether oxygens (including phenoxy) is 1. The number of fused-ring (bicyclic) bond motifs is 2. The van der Waals surface area contributed by atoms with Gasteiger partial charge < -0.3 is 15.4 Å². The summed E-state index contributed by atoms with van der Waals surface area (Å²) in [7, 11) is 1.49. The second kappa shape index (κ2) is 4.26. The molecule has 8 nitrogen and oxygen atoms in total. The SMILES string of the molecule is CNC(=O)c1cccc2c1Oc1c(c(=O)[nH][nH]c1=O)N2. The molecule has 102 valence electrons. The van der Waals surface area contributed by atoms with Crippen molar-refractivity contribution in [2.24, 2.45) is 0 Å². The summed E-state index contributed by atoms with van der Waals surface area (Å²) < 4.78 is 5.46. The molecule has 0 saturated carbocycles. The molecule has 0 atom stereocenters. The van der Waals surface area contributed by atoms with Gasteiger partial charge in [-0.25, -0.2) is 0 Å². The van der Waals surface area contributed by atoms with E-state index in [-0.39, 0.29) is 28.7 Å². The Morgan fingerprint density at radius 2 is 1.90 bits per heavy atom. The Kier molecular flexibility index (Phi) is 2.56. The van der Waals surface area contributed by atoms with Gasteiger partial charge in [-0.2, -0.15) is 0 Å². The van der Waals surface area contributed by atoms with E-state index >= 15 is 0 Å². The minimum Gasteiger partial charge on any atom is -0.446 e. The van der Waals surface area contributed by atoms with E-state index in [1.54, 1.807) is 18.2 Å². The number of carbonyl (C=O) groups excluding carboxylic acids is 1. The van der Waals surface area contributed by atoms with Crippen LogP contribution in [0.4, 0.5) is 11.4 Å². The maximum atomic E-state index is 11.8. The molecular formula is C12H10N4O4. The van der Waals surface area contributed by atoms with Crippen LogP contribution in [0.5, 0.6) is 11.5 Å². The largest absolute Gasteiger partial charge is 0.446 e. The van der Waals surface area contributed by atoms with Crippen LogP contribution in [0.2, 0.25) is 0 Å². The molecule has 0 saturated heterocycles. The first-order valence-electron chi connectivity index (χ1n) is 5.76. The van der Waals surface area contributed by atoms with Gasteiger partial charge in [-0.15, -0.1) is 0 Å². The van der Waals surface area contributed by atoms with Crippen molar-refractivity contribution in [3.63, 3.8) is 0 Å². The number of benzene rings is 1. The number of para-hydroxylation sites is 1. The van der Waals surface area contributed by atoms with E-state index in [0.717, 1.165) is 0 Å². The summed E-state index contributed by atoms with van der Waals surface area (Å²) in [6, 6.07) is 4.85. The summed E-state index contributed by atoms with van der Waals surface area (Å²) >= 11 is 0. The summed E-state index contributed by atoms with van der Waals surface area (Å²) in [4.78, 5) is 35.1. The Labute approximate surface area is 111 Å². The average Bonchev–Trinajstić information content (AvgIpc) is 2.48. The molecule has 8 heteroatoms. The molecule has 20 heavy (non-hydrogen) atoms. The molecule has 1 amide bonds. The molecule has 2 aromatic rings. The van der Waals surface area contributed by atoms with Crippen LogP contribution in [0.15, 0.2) is 27.8 Å². The lowest BCUT2D eigenvalue weighted by Gasteiger charge is -2.21. The molecule has 1 aromatic carbocycles. The first-order valence-corrected chi connectivity index (χ1v) is 5.76. The number of carbonyl (C=O) groups is 1. The van der Waals surface area contributed by atoms with Gasteiger partial charge in [0.2, 0.25) is 5.75 Å². The van der Waals surface area contributed by atoms with Gasteiger partial charge in [-0.3, -0.25) is 24.6 Å². The van der Waals surface area contributed by atoms with Crippen molar-refractivity contribution >= 4 is 17.3 Å². The van der Waals surface area contributed by atoms with Crippen LogP contribution in [0.1, 0.15) is 10.4 Å². The lowest BCUT2D eigenvalue weighted by atomic mass is 10.1. The van der Waals surface area contributed by atoms with Crippen molar-refractivity contribution in [3.05, 3.63) is 44.5 Å². The van der Waals surface area contributed by atoms with Gasteiger partial charge in [0.25, 0.3) is 11.5 Å². The Balaban J connectivity index is 2.21. The number of H-pyrrole nitrogens is 2. The smallest absolute Gasteiger partial charge is 0.307 e. The molecule has 0 spiro atoms. The van der Waals surface area contributed by atoms with Crippen LogP contribution in [-0.4, -0.2) is 23.2 Å². The van der Waals surface area contributed by atoms with Crippen molar-refractivity contribution in [1.29, 1.82) is 0 Å². The maximum Gasteiger partial charge on any atom is 0.307 e. The molecular weight excluding hydrogens is 264 g/mol. The van der Waals surface area contributed by atoms with E-state index in [0.29, 0.717) is 5.69 Å². The van der Waals surface area contributed by atoms with Crippen molar-refractivity contribution in [2.75, 3.05) is 12.4 Å². The van der Waals surface area contributed by atoms with E-state index in [9.17, 15) is 14.4 Å². The van der Waals surface area contributed by atoms with Crippen LogP contribution in [-0.2, 0) is 0 Å². The Morgan fingerprint density at radius 3 is 2.65 bits per heavy atom. The third-order valence-electron chi connectivity index (χ3n) is 2.90. The van der Waals surface area contributed by atoms with Gasteiger partial charge in [-0.1, -0.05) is 6.07 Å². The lowest BCUT2D eigenvalue weighted by Crippen LogP contribution is -2.27. The number of aromatic nitrogens is 2. The van der Waals surface area contributed by atoms with Crippen molar-refractivity contribution in [2.45, 2.75) is 0 Å². The molecule has 0 bridgehead atoms. The molecule has 4 N–H and O–H groups in total. The fourth-order valence-electron chi connectivity index (χ4n) is 1.96. The van der Waals surface area contributed by atoms with Crippen LogP contribution in [0, 0.1) is 0 Å². The van der Waals surface area contributed by atoms with Crippen molar-refractivity contribution < 1.29 is 9.53 Å². The van der Waals surface area contributed by atoms with E-state index in [4.69, 9.17) is 4.74 Å². The number of rotatable bonds is 1. The summed E-state index contributed by atoms with van der Waals surface area (Å²) in [6.45, 7) is 0. The standard InChI is InChI=1S/C12H10N4O4/c1-13-10(17)5-3-2-4-6-8(5)20-9-7(14-6)11(18)15-16-12(9)19/h2-4,14H,1H3,(H,13,17)(H,15,18)(H,16,19). The average molecular weight is 274 g/mol. The van der Waals surface area contributed by atoms with Crippen LogP contribution >= 0.6 is 0 Å². The summed E-state index contributed by atoms with van der Waals surface area (Å²) in [5, 5.41) is 9.64. The zero-order chi connectivity index (χ0) is 14.3. The normalized spacial score (nSPS) is 11.7. The molecule has 3 rings (SSSR count). The van der Waals surface area contributed by atoms with Gasteiger partial charge in [-0.05, 0) is 12.1 Å². The number of hydrogen-bond acceptors (Lipinski definition) is 5. The van der Waals surface area contributed by atoms with E-state index in [1.807, 2.05) is 0 Å². The van der Waals surface area contributed by atoms with Crippen LogP contribution in [0.25, 0.3) is 0 Å². The minimum absolute atomic E-state index is 0.00954. The molecule has 1 aromatic heterocycles. The molecule has 0 aliphatic carbocycles. The highest BCUT2D eigenvalue weighted by Crippen LogP contribution is 2.40. The van der Waals surface area contributed by atoms with Gasteiger partial charge in [0.05, 0.1) is 11.3 Å². The highest BCUT2D eigenvalue weighted by Gasteiger charge is 2.26. The predicted molar refractivity (Wildman–Crippen MR) is 70.9 cm³/mol. The zero-order valence-corrected chi connectivity index (χ0v) is 10.4. The van der Waals surface area contributed by atoms with Gasteiger partial charge in [0.15, 0.2) is 11.4 Å². The predicted octanol–water partition coefficient (Wildman–Crippen LogP) is 0.272. The van der Waals surface area contributed by atoms with Crippen LogP contribution in [0.3, 0.4) is 0 Å². The molecule has 1 aliphatic heterocycles. The fraction of sp³-hybridized carbons (Fsp3) is 0.0833. The molecule has 0 radical (unpaired) electrons. The lowest BCUT2D eigenvalue weighted by molar-refractivity contribution is 0.0961. The Hall–Kier alpha value is -3.03. The Morgan fingerprint density at radius 1 is 1.15 bits per heavy atom. The van der Waals surface area contributed by atoms with Crippen LogP contribution < -0.4 is 26.5 Å². The molecule has 2 heterocycles. The molecule has 0 fully saturated rings. The monoisotopic (exact) mass is 274 g/mol.